The van der Waals surface area contributed by atoms with E-state index in [1.807, 2.05) is 13.8 Å². The van der Waals surface area contributed by atoms with Crippen molar-refractivity contribution < 1.29 is 32.6 Å². The molecule has 32 heavy (non-hydrogen) atoms. The van der Waals surface area contributed by atoms with E-state index in [-0.39, 0.29) is 35.8 Å². The Labute approximate surface area is 184 Å². The zero-order valence-corrected chi connectivity index (χ0v) is 17.9. The Morgan fingerprint density at radius 2 is 1.84 bits per heavy atom. The Morgan fingerprint density at radius 3 is 2.47 bits per heavy atom. The van der Waals surface area contributed by atoms with Gasteiger partial charge in [-0.05, 0) is 41.3 Å². The van der Waals surface area contributed by atoms with Crippen LogP contribution in [0.4, 0.5) is 13.2 Å². The number of rotatable bonds is 7. The Morgan fingerprint density at radius 1 is 1.16 bits per heavy atom. The van der Waals surface area contributed by atoms with E-state index in [1.54, 1.807) is 24.3 Å². The molecule has 3 rings (SSSR count). The number of alkyl halides is 3. The highest BCUT2D eigenvalue weighted by atomic mass is 19.4. The Hall–Kier alpha value is -3.29. The van der Waals surface area contributed by atoms with E-state index in [2.05, 4.69) is 0 Å². The van der Waals surface area contributed by atoms with Crippen LogP contribution in [0.5, 0.6) is 5.75 Å². The quantitative estimate of drug-likeness (QED) is 0.632. The number of ketones is 1. The van der Waals surface area contributed by atoms with Gasteiger partial charge in [0.15, 0.2) is 11.5 Å². The van der Waals surface area contributed by atoms with Crippen LogP contribution in [0.1, 0.15) is 43.0 Å². The summed E-state index contributed by atoms with van der Waals surface area (Å²) in [5, 5.41) is 10.6. The number of ether oxygens (including phenoxy) is 1. The molecular weight excluding hydrogens is 423 g/mol. The van der Waals surface area contributed by atoms with Gasteiger partial charge in [-0.3, -0.25) is 9.59 Å². The number of nitrogens with zero attached hydrogens (tertiary/aromatic N) is 1. The van der Waals surface area contributed by atoms with Gasteiger partial charge < -0.3 is 14.7 Å². The van der Waals surface area contributed by atoms with Crippen LogP contribution in [-0.4, -0.2) is 28.8 Å². The molecule has 170 valence electrons. The van der Waals surface area contributed by atoms with Crippen LogP contribution < -0.4 is 4.74 Å². The van der Waals surface area contributed by atoms with Crippen LogP contribution in [0.25, 0.3) is 0 Å². The predicted octanol–water partition coefficient (Wildman–Crippen LogP) is 5.22. The molecule has 0 saturated heterocycles. The van der Waals surface area contributed by atoms with Gasteiger partial charge in [0, 0.05) is 13.0 Å². The fraction of sp³-hybridized carbons (Fsp3) is 0.333. The smallest absolute Gasteiger partial charge is 0.416 e. The fourth-order valence-electron chi connectivity index (χ4n) is 3.78. The maximum absolute atomic E-state index is 13.1. The first-order chi connectivity index (χ1) is 15.0. The summed E-state index contributed by atoms with van der Waals surface area (Å²) in [6.45, 7) is 3.47. The average molecular weight is 447 g/mol. The van der Waals surface area contributed by atoms with Gasteiger partial charge in [-0.25, -0.2) is 0 Å². The standard InChI is InChI=1S/C24H24F3NO4/c1-14(2)10-19(29)20-21(16-7-5-9-18(12-16)32-3)28(23(31)22(20)30)13-15-6-4-8-17(11-15)24(25,26)27/h4-9,11-12,14,21,30H,10,13H2,1-3H3. The molecule has 0 spiro atoms. The third-order valence-electron chi connectivity index (χ3n) is 5.21. The molecule has 0 bridgehead atoms. The lowest BCUT2D eigenvalue weighted by molar-refractivity contribution is -0.137. The highest BCUT2D eigenvalue weighted by Gasteiger charge is 2.43. The van der Waals surface area contributed by atoms with Crippen molar-refractivity contribution in [2.45, 2.75) is 39.0 Å². The van der Waals surface area contributed by atoms with Crippen molar-refractivity contribution in [1.82, 2.24) is 4.90 Å². The second kappa shape index (κ2) is 9.06. The number of carbonyl (C=O) groups excluding carboxylic acids is 2. The van der Waals surface area contributed by atoms with Crippen molar-refractivity contribution in [3.63, 3.8) is 0 Å². The monoisotopic (exact) mass is 447 g/mol. The van der Waals surface area contributed by atoms with Gasteiger partial charge in [-0.15, -0.1) is 0 Å². The van der Waals surface area contributed by atoms with E-state index in [1.165, 1.54) is 24.1 Å². The normalized spacial score (nSPS) is 16.8. The molecule has 1 aliphatic rings. The number of carbonyl (C=O) groups is 2. The van der Waals surface area contributed by atoms with Gasteiger partial charge in [0.1, 0.15) is 5.75 Å². The van der Waals surface area contributed by atoms with Gasteiger partial charge in [-0.1, -0.05) is 38.1 Å². The lowest BCUT2D eigenvalue weighted by Crippen LogP contribution is -2.31. The minimum Gasteiger partial charge on any atom is -0.503 e. The molecule has 1 aliphatic heterocycles. The molecule has 1 heterocycles. The number of methoxy groups -OCH3 is 1. The van der Waals surface area contributed by atoms with E-state index in [0.29, 0.717) is 11.3 Å². The zero-order valence-electron chi connectivity index (χ0n) is 17.9. The van der Waals surface area contributed by atoms with Crippen LogP contribution >= 0.6 is 0 Å². The topological polar surface area (TPSA) is 66.8 Å². The molecule has 1 unspecified atom stereocenters. The van der Waals surface area contributed by atoms with Gasteiger partial charge in [-0.2, -0.15) is 13.2 Å². The molecule has 0 aromatic heterocycles. The van der Waals surface area contributed by atoms with Crippen molar-refractivity contribution in [1.29, 1.82) is 0 Å². The van der Waals surface area contributed by atoms with Crippen molar-refractivity contribution in [2.75, 3.05) is 7.11 Å². The first-order valence-electron chi connectivity index (χ1n) is 10.1. The molecule has 2 aromatic carbocycles. The van der Waals surface area contributed by atoms with Crippen molar-refractivity contribution in [3.8, 4) is 5.75 Å². The van der Waals surface area contributed by atoms with E-state index in [0.717, 1.165) is 12.1 Å². The number of aliphatic hydroxyl groups excluding tert-OH is 1. The molecule has 5 nitrogen and oxygen atoms in total. The summed E-state index contributed by atoms with van der Waals surface area (Å²) < 4.78 is 44.7. The van der Waals surface area contributed by atoms with Gasteiger partial charge >= 0.3 is 6.18 Å². The zero-order chi connectivity index (χ0) is 23.6. The summed E-state index contributed by atoms with van der Waals surface area (Å²) in [6.07, 6.45) is -4.42. The summed E-state index contributed by atoms with van der Waals surface area (Å²) in [5.74, 6) is -1.39. The van der Waals surface area contributed by atoms with Gasteiger partial charge in [0.05, 0.1) is 24.3 Å². The number of Topliss-reactive ketones (excluding diaryl/α,β-unsaturated/α-hetero) is 1. The van der Waals surface area contributed by atoms with Crippen LogP contribution in [-0.2, 0) is 22.3 Å². The second-order valence-corrected chi connectivity index (χ2v) is 8.09. The number of hydrogen-bond donors (Lipinski definition) is 1. The number of halogens is 3. The Balaban J connectivity index is 2.06. The first kappa shape index (κ1) is 23.4. The molecule has 8 heteroatoms. The van der Waals surface area contributed by atoms with Crippen molar-refractivity contribution in [2.24, 2.45) is 5.92 Å². The van der Waals surface area contributed by atoms with Crippen LogP contribution in [0, 0.1) is 5.92 Å². The second-order valence-electron chi connectivity index (χ2n) is 8.09. The maximum atomic E-state index is 13.1. The van der Waals surface area contributed by atoms with Crippen molar-refractivity contribution in [3.05, 3.63) is 76.6 Å². The summed E-state index contributed by atoms with van der Waals surface area (Å²) in [6, 6.07) is 10.4. The van der Waals surface area contributed by atoms with E-state index < -0.39 is 29.4 Å². The van der Waals surface area contributed by atoms with Crippen LogP contribution in [0.2, 0.25) is 0 Å². The summed E-state index contributed by atoms with van der Waals surface area (Å²) in [7, 11) is 1.47. The number of amides is 1. The van der Waals surface area contributed by atoms with Crippen LogP contribution in [0.15, 0.2) is 59.9 Å². The molecule has 1 amide bonds. The summed E-state index contributed by atoms with van der Waals surface area (Å²) in [5.41, 5.74) is -0.149. The lowest BCUT2D eigenvalue weighted by atomic mass is 9.92. The maximum Gasteiger partial charge on any atom is 0.416 e. The average Bonchev–Trinajstić information content (AvgIpc) is 2.98. The number of benzene rings is 2. The molecule has 1 N–H and O–H groups in total. The first-order valence-corrected chi connectivity index (χ1v) is 10.1. The third-order valence-corrected chi connectivity index (χ3v) is 5.21. The van der Waals surface area contributed by atoms with E-state index >= 15 is 0 Å². The molecule has 2 aromatic rings. The Kier molecular flexibility index (Phi) is 6.62. The predicted molar refractivity (Wildman–Crippen MR) is 112 cm³/mol. The minimum absolute atomic E-state index is 0.0126. The molecule has 0 aliphatic carbocycles. The van der Waals surface area contributed by atoms with Gasteiger partial charge in [0.2, 0.25) is 0 Å². The SMILES string of the molecule is COc1cccc(C2C(C(=O)CC(C)C)=C(O)C(=O)N2Cc2cccc(C(F)(F)F)c2)c1. The van der Waals surface area contributed by atoms with E-state index in [9.17, 15) is 27.9 Å². The third kappa shape index (κ3) is 4.79. The summed E-state index contributed by atoms with van der Waals surface area (Å²) in [4.78, 5) is 27.1. The highest BCUT2D eigenvalue weighted by Crippen LogP contribution is 2.41. The highest BCUT2D eigenvalue weighted by molar-refractivity contribution is 6.09. The minimum atomic E-state index is -4.53. The fourth-order valence-corrected chi connectivity index (χ4v) is 3.78. The number of aliphatic hydroxyl groups is 1. The molecule has 0 saturated carbocycles. The molecular formula is C24H24F3NO4. The lowest BCUT2D eigenvalue weighted by Gasteiger charge is -2.27. The molecule has 1 atom stereocenters. The molecule has 0 radical (unpaired) electrons. The largest absolute Gasteiger partial charge is 0.503 e. The molecule has 0 fully saturated rings. The Bertz CT molecular complexity index is 1060. The summed E-state index contributed by atoms with van der Waals surface area (Å²) >= 11 is 0. The van der Waals surface area contributed by atoms with Gasteiger partial charge in [0.25, 0.3) is 5.91 Å². The number of hydrogen-bond acceptors (Lipinski definition) is 4. The van der Waals surface area contributed by atoms with Crippen LogP contribution in [0.3, 0.4) is 0 Å². The van der Waals surface area contributed by atoms with Crippen molar-refractivity contribution >= 4 is 11.7 Å². The van der Waals surface area contributed by atoms with E-state index in [4.69, 9.17) is 4.74 Å².